The van der Waals surface area contributed by atoms with Gasteiger partial charge >= 0.3 is 0 Å². The highest BCUT2D eigenvalue weighted by Gasteiger charge is 2.24. The summed E-state index contributed by atoms with van der Waals surface area (Å²) in [4.78, 5) is 11.6. The monoisotopic (exact) mass is 396 g/mol. The molecule has 4 N–H and O–H groups in total. The summed E-state index contributed by atoms with van der Waals surface area (Å²) in [6.07, 6.45) is 7.50. The van der Waals surface area contributed by atoms with Crippen molar-refractivity contribution in [1.82, 2.24) is 0 Å². The van der Waals surface area contributed by atoms with Gasteiger partial charge in [0.2, 0.25) is 5.91 Å². The first-order chi connectivity index (χ1) is 14.1. The fourth-order valence-electron chi connectivity index (χ4n) is 3.84. The molecule has 29 heavy (non-hydrogen) atoms. The maximum absolute atomic E-state index is 11.6. The maximum atomic E-state index is 11.6. The van der Waals surface area contributed by atoms with Crippen LogP contribution in [0.4, 0.5) is 5.69 Å². The van der Waals surface area contributed by atoms with Gasteiger partial charge in [0.15, 0.2) is 0 Å². The van der Waals surface area contributed by atoms with E-state index in [1.807, 2.05) is 12.1 Å². The Morgan fingerprint density at radius 2 is 1.83 bits per heavy atom. The summed E-state index contributed by atoms with van der Waals surface area (Å²) >= 11 is 0. The fourth-order valence-corrected chi connectivity index (χ4v) is 3.84. The largest absolute Gasteiger partial charge is 0.506 e. The number of hydrogen-bond donors (Lipinski definition) is 3. The number of ether oxygens (including phenoxy) is 1. The van der Waals surface area contributed by atoms with E-state index in [0.717, 1.165) is 69.3 Å². The Balaban J connectivity index is 1.25. The third-order valence-electron chi connectivity index (χ3n) is 5.46. The third-order valence-corrected chi connectivity index (χ3v) is 5.46. The lowest BCUT2D eigenvalue weighted by molar-refractivity contribution is -0.115. The van der Waals surface area contributed by atoms with Crippen molar-refractivity contribution in [2.75, 3.05) is 18.5 Å². The number of fused-ring (bicyclic) bond motifs is 1. The second kappa shape index (κ2) is 11.0. The summed E-state index contributed by atoms with van der Waals surface area (Å²) in [5.41, 5.74) is 10.2. The van der Waals surface area contributed by atoms with Gasteiger partial charge in [0.05, 0.1) is 18.7 Å². The van der Waals surface area contributed by atoms with Crippen LogP contribution >= 0.6 is 0 Å². The number of nitrogens with two attached hydrogens (primary N) is 1. The van der Waals surface area contributed by atoms with Gasteiger partial charge in [0, 0.05) is 12.6 Å². The molecule has 3 rings (SSSR count). The topological polar surface area (TPSA) is 84.6 Å². The number of amides is 1. The second-order valence-corrected chi connectivity index (χ2v) is 7.84. The molecule has 0 aliphatic carbocycles. The molecule has 0 saturated heterocycles. The molecule has 2 aromatic rings. The predicted octanol–water partition coefficient (Wildman–Crippen LogP) is 3.97. The molecular weight excluding hydrogens is 364 g/mol. The maximum Gasteiger partial charge on any atom is 0.228 e. The highest BCUT2D eigenvalue weighted by atomic mass is 16.5. The van der Waals surface area contributed by atoms with Gasteiger partial charge in [-0.1, -0.05) is 55.7 Å². The van der Waals surface area contributed by atoms with Crippen molar-refractivity contribution in [3.05, 3.63) is 59.2 Å². The van der Waals surface area contributed by atoms with E-state index in [2.05, 4.69) is 29.6 Å². The van der Waals surface area contributed by atoms with Crippen LogP contribution in [-0.4, -0.2) is 30.3 Å². The summed E-state index contributed by atoms with van der Waals surface area (Å²) < 4.78 is 5.73. The number of carbonyl (C=O) groups excluding carboxylic acids is 1. The molecule has 0 aromatic heterocycles. The predicted molar refractivity (Wildman–Crippen MR) is 116 cm³/mol. The van der Waals surface area contributed by atoms with Crippen LogP contribution in [0.5, 0.6) is 5.75 Å². The Morgan fingerprint density at radius 3 is 2.66 bits per heavy atom. The smallest absolute Gasteiger partial charge is 0.228 e. The summed E-state index contributed by atoms with van der Waals surface area (Å²) in [5.74, 6) is 0.0662. The van der Waals surface area contributed by atoms with E-state index in [-0.39, 0.29) is 17.7 Å². The third kappa shape index (κ3) is 6.58. The highest BCUT2D eigenvalue weighted by molar-refractivity contribution is 6.01. The van der Waals surface area contributed by atoms with Crippen molar-refractivity contribution in [2.24, 2.45) is 5.73 Å². The minimum atomic E-state index is -0.0673. The lowest BCUT2D eigenvalue weighted by atomic mass is 9.95. The van der Waals surface area contributed by atoms with E-state index in [9.17, 15) is 9.90 Å². The minimum absolute atomic E-state index is 0.0673. The number of benzene rings is 2. The van der Waals surface area contributed by atoms with Crippen LogP contribution in [0.3, 0.4) is 0 Å². The molecule has 5 heteroatoms. The van der Waals surface area contributed by atoms with Crippen molar-refractivity contribution < 1.29 is 14.6 Å². The molecule has 2 aromatic carbocycles. The Labute approximate surface area is 173 Å². The second-order valence-electron chi connectivity index (χ2n) is 7.84. The zero-order valence-corrected chi connectivity index (χ0v) is 17.0. The summed E-state index contributed by atoms with van der Waals surface area (Å²) in [6.45, 7) is 1.60. The van der Waals surface area contributed by atoms with E-state index >= 15 is 0 Å². The summed E-state index contributed by atoms with van der Waals surface area (Å²) in [6, 6.07) is 14.0. The molecule has 1 unspecified atom stereocenters. The molecule has 0 spiro atoms. The van der Waals surface area contributed by atoms with Crippen LogP contribution in [0.15, 0.2) is 42.5 Å². The fraction of sp³-hybridized carbons (Fsp3) is 0.458. The average molecular weight is 397 g/mol. The van der Waals surface area contributed by atoms with Crippen molar-refractivity contribution in [3.63, 3.8) is 0 Å². The molecule has 1 amide bonds. The molecule has 1 atom stereocenters. The Kier molecular flexibility index (Phi) is 8.08. The summed E-state index contributed by atoms with van der Waals surface area (Å²) in [7, 11) is 0. The molecule has 156 valence electrons. The number of aromatic hydroxyl groups is 1. The van der Waals surface area contributed by atoms with Crippen molar-refractivity contribution in [1.29, 1.82) is 0 Å². The average Bonchev–Trinajstić information content (AvgIpc) is 3.12. The number of rotatable bonds is 12. The highest BCUT2D eigenvalue weighted by Crippen LogP contribution is 2.35. The Bertz CT molecular complexity index is 792. The van der Waals surface area contributed by atoms with E-state index < -0.39 is 0 Å². The van der Waals surface area contributed by atoms with Gasteiger partial charge in [-0.25, -0.2) is 0 Å². The number of anilines is 1. The first-order valence-electron chi connectivity index (χ1n) is 10.6. The normalized spacial score (nSPS) is 13.9. The molecule has 5 nitrogen and oxygen atoms in total. The van der Waals surface area contributed by atoms with Gasteiger partial charge in [-0.05, 0) is 48.4 Å². The Hall–Kier alpha value is -2.37. The first-order valence-corrected chi connectivity index (χ1v) is 10.6. The lowest BCUT2D eigenvalue weighted by Gasteiger charge is -2.14. The van der Waals surface area contributed by atoms with Crippen molar-refractivity contribution in [3.8, 4) is 5.75 Å². The Morgan fingerprint density at radius 1 is 1.03 bits per heavy atom. The number of hydrogen-bond acceptors (Lipinski definition) is 4. The number of phenols is 1. The van der Waals surface area contributed by atoms with E-state index in [1.165, 1.54) is 5.56 Å². The van der Waals surface area contributed by atoms with E-state index in [4.69, 9.17) is 10.5 Å². The molecule has 1 heterocycles. The number of phenolic OH excluding ortho intramolecular Hbond substituents is 1. The standard InChI is InChI=1S/C24H32N2O3/c25-20(16-19-11-12-22(27)24-21(19)17-23(28)26-24)10-6-1-2-7-14-29-15-13-18-8-4-3-5-9-18/h3-5,8-9,11-12,20,27H,1-2,6-7,10,13-17,25H2,(H,26,28). The van der Waals surface area contributed by atoms with Gasteiger partial charge in [0.25, 0.3) is 0 Å². The number of carbonyl (C=O) groups is 1. The van der Waals surface area contributed by atoms with Crippen LogP contribution in [0, 0.1) is 0 Å². The molecule has 0 fully saturated rings. The first kappa shape index (κ1) is 21.3. The molecule has 0 saturated carbocycles. The molecule has 1 aliphatic rings. The van der Waals surface area contributed by atoms with Crippen LogP contribution in [0.2, 0.25) is 0 Å². The number of unbranched alkanes of at least 4 members (excludes halogenated alkanes) is 3. The van der Waals surface area contributed by atoms with Crippen molar-refractivity contribution in [2.45, 2.75) is 57.4 Å². The van der Waals surface area contributed by atoms with Gasteiger partial charge < -0.3 is 20.9 Å². The zero-order valence-electron chi connectivity index (χ0n) is 17.0. The van der Waals surface area contributed by atoms with Gasteiger partial charge in [0.1, 0.15) is 5.75 Å². The van der Waals surface area contributed by atoms with E-state index in [0.29, 0.717) is 12.1 Å². The minimum Gasteiger partial charge on any atom is -0.506 e. The van der Waals surface area contributed by atoms with Crippen LogP contribution < -0.4 is 11.1 Å². The van der Waals surface area contributed by atoms with Crippen LogP contribution in [-0.2, 0) is 28.8 Å². The van der Waals surface area contributed by atoms with E-state index in [1.54, 1.807) is 6.07 Å². The SMILES string of the molecule is NC(CCCCCCOCCc1ccccc1)Cc1ccc(O)c2c1CC(=O)N2. The quantitative estimate of drug-likeness (QED) is 0.374. The van der Waals surface area contributed by atoms with Gasteiger partial charge in [-0.2, -0.15) is 0 Å². The zero-order chi connectivity index (χ0) is 20.5. The molecule has 1 aliphatic heterocycles. The van der Waals surface area contributed by atoms with Gasteiger partial charge in [-0.3, -0.25) is 4.79 Å². The van der Waals surface area contributed by atoms with Crippen LogP contribution in [0.1, 0.15) is 48.8 Å². The van der Waals surface area contributed by atoms with Crippen LogP contribution in [0.25, 0.3) is 0 Å². The molecule has 0 bridgehead atoms. The number of nitrogens with one attached hydrogen (secondary N) is 1. The van der Waals surface area contributed by atoms with Gasteiger partial charge in [-0.15, -0.1) is 0 Å². The lowest BCUT2D eigenvalue weighted by Crippen LogP contribution is -2.23. The molecule has 0 radical (unpaired) electrons. The summed E-state index contributed by atoms with van der Waals surface area (Å²) in [5, 5.41) is 12.6. The molecular formula is C24H32N2O3. The van der Waals surface area contributed by atoms with Crippen molar-refractivity contribution >= 4 is 11.6 Å².